The lowest BCUT2D eigenvalue weighted by Crippen LogP contribution is -2.48. The number of likely N-dealkylation sites (tertiary alicyclic amines) is 1. The summed E-state index contributed by atoms with van der Waals surface area (Å²) in [4.78, 5) is 28.5. The number of carbonyl (C=O) groups excluding carboxylic acids is 2. The number of piperidine rings is 1. The van der Waals surface area contributed by atoms with E-state index in [1.807, 2.05) is 29.2 Å². The third-order valence-corrected chi connectivity index (χ3v) is 4.62. The Hall–Kier alpha value is -2.08. The van der Waals surface area contributed by atoms with Gasteiger partial charge < -0.3 is 20.3 Å². The summed E-state index contributed by atoms with van der Waals surface area (Å²) in [6.45, 7) is 1.74. The van der Waals surface area contributed by atoms with E-state index < -0.39 is 0 Å². The zero-order valence-corrected chi connectivity index (χ0v) is 13.4. The highest BCUT2D eigenvalue weighted by Crippen LogP contribution is 2.33. The molecule has 0 radical (unpaired) electrons. The van der Waals surface area contributed by atoms with Crippen LogP contribution in [0.3, 0.4) is 0 Å². The molecule has 0 aromatic heterocycles. The van der Waals surface area contributed by atoms with Crippen LogP contribution in [0.2, 0.25) is 0 Å². The lowest BCUT2D eigenvalue weighted by atomic mass is 10.0. The van der Waals surface area contributed by atoms with Crippen LogP contribution >= 0.6 is 0 Å². The molecular formula is C17H23N3O3. The van der Waals surface area contributed by atoms with Crippen molar-refractivity contribution in [2.75, 3.05) is 31.6 Å². The number of carbonyl (C=O) groups is 2. The van der Waals surface area contributed by atoms with Crippen LogP contribution in [0.25, 0.3) is 0 Å². The fourth-order valence-corrected chi connectivity index (χ4v) is 3.43. The highest BCUT2D eigenvalue weighted by Gasteiger charge is 2.38. The summed E-state index contributed by atoms with van der Waals surface area (Å²) in [6.07, 6.45) is 2.15. The van der Waals surface area contributed by atoms with E-state index in [-0.39, 0.29) is 30.2 Å². The van der Waals surface area contributed by atoms with Crippen molar-refractivity contribution in [3.8, 4) is 5.75 Å². The quantitative estimate of drug-likeness (QED) is 0.902. The van der Waals surface area contributed by atoms with Gasteiger partial charge in [0.05, 0.1) is 18.7 Å². The maximum Gasteiger partial charge on any atom is 0.228 e. The van der Waals surface area contributed by atoms with Crippen molar-refractivity contribution >= 4 is 17.5 Å². The predicted octanol–water partition coefficient (Wildman–Crippen LogP) is 0.998. The summed E-state index contributed by atoms with van der Waals surface area (Å²) in [7, 11) is 1.58. The number of anilines is 1. The summed E-state index contributed by atoms with van der Waals surface area (Å²) in [5, 5.41) is 0. The molecule has 0 saturated carbocycles. The molecule has 124 valence electrons. The van der Waals surface area contributed by atoms with Crippen molar-refractivity contribution in [2.24, 2.45) is 11.7 Å². The minimum absolute atomic E-state index is 0.0332. The van der Waals surface area contributed by atoms with Crippen LogP contribution in [0.4, 0.5) is 5.69 Å². The number of hydrogen-bond acceptors (Lipinski definition) is 4. The van der Waals surface area contributed by atoms with Crippen molar-refractivity contribution in [1.29, 1.82) is 0 Å². The largest absolute Gasteiger partial charge is 0.495 e. The molecule has 2 aliphatic rings. The van der Waals surface area contributed by atoms with Crippen LogP contribution in [0.15, 0.2) is 24.3 Å². The molecule has 2 amide bonds. The third kappa shape index (κ3) is 3.17. The van der Waals surface area contributed by atoms with Gasteiger partial charge in [0.15, 0.2) is 0 Å². The number of methoxy groups -OCH3 is 1. The second kappa shape index (κ2) is 6.58. The van der Waals surface area contributed by atoms with Gasteiger partial charge in [0.1, 0.15) is 5.75 Å². The second-order valence-corrected chi connectivity index (χ2v) is 6.26. The number of nitrogens with zero attached hydrogens (tertiary/aromatic N) is 2. The number of hydrogen-bond donors (Lipinski definition) is 1. The zero-order valence-electron chi connectivity index (χ0n) is 13.4. The van der Waals surface area contributed by atoms with Gasteiger partial charge in [-0.25, -0.2) is 0 Å². The van der Waals surface area contributed by atoms with Gasteiger partial charge in [0, 0.05) is 32.1 Å². The first-order valence-corrected chi connectivity index (χ1v) is 8.08. The van der Waals surface area contributed by atoms with Gasteiger partial charge in [-0.15, -0.1) is 0 Å². The molecule has 0 aliphatic carbocycles. The summed E-state index contributed by atoms with van der Waals surface area (Å²) < 4.78 is 5.33. The van der Waals surface area contributed by atoms with E-state index in [2.05, 4.69) is 0 Å². The van der Waals surface area contributed by atoms with Crippen molar-refractivity contribution in [2.45, 2.75) is 25.3 Å². The Morgan fingerprint density at radius 3 is 2.83 bits per heavy atom. The number of benzene rings is 1. The second-order valence-electron chi connectivity index (χ2n) is 6.26. The molecule has 2 atom stereocenters. The molecule has 2 heterocycles. The van der Waals surface area contributed by atoms with Gasteiger partial charge in [0.25, 0.3) is 0 Å². The van der Waals surface area contributed by atoms with Gasteiger partial charge in [-0.05, 0) is 25.0 Å². The van der Waals surface area contributed by atoms with E-state index in [0.29, 0.717) is 18.8 Å². The normalized spacial score (nSPS) is 24.9. The highest BCUT2D eigenvalue weighted by atomic mass is 16.5. The Kier molecular flexibility index (Phi) is 4.52. The maximum atomic E-state index is 12.7. The molecule has 1 aromatic rings. The molecule has 2 unspecified atom stereocenters. The van der Waals surface area contributed by atoms with Gasteiger partial charge in [-0.1, -0.05) is 12.1 Å². The number of para-hydroxylation sites is 2. The minimum atomic E-state index is -0.294. The summed E-state index contributed by atoms with van der Waals surface area (Å²) >= 11 is 0. The van der Waals surface area contributed by atoms with Crippen LogP contribution < -0.4 is 15.4 Å². The molecule has 3 rings (SSSR count). The molecule has 6 nitrogen and oxygen atoms in total. The predicted molar refractivity (Wildman–Crippen MR) is 87.2 cm³/mol. The topological polar surface area (TPSA) is 75.9 Å². The molecule has 6 heteroatoms. The number of rotatable bonds is 3. The average Bonchev–Trinajstić information content (AvgIpc) is 2.95. The Morgan fingerprint density at radius 2 is 2.09 bits per heavy atom. The number of amides is 2. The smallest absolute Gasteiger partial charge is 0.228 e. The standard InChI is InChI=1S/C17H23N3O3/c1-23-15-7-3-2-6-14(15)20-10-12(9-16(20)21)17(22)19-8-4-5-13(18)11-19/h2-3,6-7,12-13H,4-5,8-11,18H2,1H3. The van der Waals surface area contributed by atoms with Crippen molar-refractivity contribution < 1.29 is 14.3 Å². The number of nitrogens with two attached hydrogens (primary N) is 1. The van der Waals surface area contributed by atoms with Gasteiger partial charge in [-0.2, -0.15) is 0 Å². The molecular weight excluding hydrogens is 294 g/mol. The van der Waals surface area contributed by atoms with E-state index in [9.17, 15) is 9.59 Å². The molecule has 0 spiro atoms. The van der Waals surface area contributed by atoms with Crippen molar-refractivity contribution in [3.05, 3.63) is 24.3 Å². The van der Waals surface area contributed by atoms with Crippen LogP contribution in [0, 0.1) is 5.92 Å². The first-order chi connectivity index (χ1) is 11.1. The summed E-state index contributed by atoms with van der Waals surface area (Å²) in [5.74, 6) is 0.367. The minimum Gasteiger partial charge on any atom is -0.495 e. The van der Waals surface area contributed by atoms with Crippen LogP contribution in [0.1, 0.15) is 19.3 Å². The molecule has 0 bridgehead atoms. The average molecular weight is 317 g/mol. The first-order valence-electron chi connectivity index (χ1n) is 8.08. The lowest BCUT2D eigenvalue weighted by Gasteiger charge is -2.32. The van der Waals surface area contributed by atoms with Crippen molar-refractivity contribution in [3.63, 3.8) is 0 Å². The van der Waals surface area contributed by atoms with Gasteiger partial charge >= 0.3 is 0 Å². The molecule has 2 aliphatic heterocycles. The summed E-state index contributed by atoms with van der Waals surface area (Å²) in [6, 6.07) is 7.45. The van der Waals surface area contributed by atoms with E-state index in [1.54, 1.807) is 12.0 Å². The monoisotopic (exact) mass is 317 g/mol. The SMILES string of the molecule is COc1ccccc1N1CC(C(=O)N2CCCC(N)C2)CC1=O. The fourth-order valence-electron chi connectivity index (χ4n) is 3.43. The Morgan fingerprint density at radius 1 is 1.30 bits per heavy atom. The maximum absolute atomic E-state index is 12.7. The van der Waals surface area contributed by atoms with Gasteiger partial charge in [0.2, 0.25) is 11.8 Å². The van der Waals surface area contributed by atoms with E-state index in [0.717, 1.165) is 25.1 Å². The molecule has 2 N–H and O–H groups in total. The van der Waals surface area contributed by atoms with Crippen LogP contribution in [0.5, 0.6) is 5.75 Å². The highest BCUT2D eigenvalue weighted by molar-refractivity contribution is 6.01. The molecule has 23 heavy (non-hydrogen) atoms. The summed E-state index contributed by atoms with van der Waals surface area (Å²) in [5.41, 5.74) is 6.68. The van der Waals surface area contributed by atoms with Crippen LogP contribution in [-0.4, -0.2) is 49.5 Å². The molecule has 1 aromatic carbocycles. The van der Waals surface area contributed by atoms with E-state index >= 15 is 0 Å². The lowest BCUT2D eigenvalue weighted by molar-refractivity contribution is -0.136. The van der Waals surface area contributed by atoms with Gasteiger partial charge in [-0.3, -0.25) is 9.59 Å². The first kappa shape index (κ1) is 15.8. The fraction of sp³-hybridized carbons (Fsp3) is 0.529. The Balaban J connectivity index is 1.73. The Bertz CT molecular complexity index is 605. The molecule has 2 fully saturated rings. The molecule has 2 saturated heterocycles. The zero-order chi connectivity index (χ0) is 16.4. The van der Waals surface area contributed by atoms with Crippen LogP contribution in [-0.2, 0) is 9.59 Å². The van der Waals surface area contributed by atoms with E-state index in [4.69, 9.17) is 10.5 Å². The van der Waals surface area contributed by atoms with Crippen molar-refractivity contribution in [1.82, 2.24) is 4.90 Å². The van der Waals surface area contributed by atoms with E-state index in [1.165, 1.54) is 0 Å². The third-order valence-electron chi connectivity index (χ3n) is 4.62. The Labute approximate surface area is 136 Å². The number of ether oxygens (including phenoxy) is 1.